The standard InChI is InChI=1S/C23H18Cl3N3/c24-19-8-5-16(6-9-19)12-27-28-13-18-15-29(23-4-2-1-3-21(18)23)14-17-7-10-20(25)11-22(17)26/h1-11,13,15,27H,12,14H2/b28-13-. The van der Waals surface area contributed by atoms with Gasteiger partial charge in [-0.1, -0.05) is 71.2 Å². The third kappa shape index (κ3) is 4.76. The first kappa shape index (κ1) is 19.8. The first-order valence-electron chi connectivity index (χ1n) is 9.12. The van der Waals surface area contributed by atoms with Gasteiger partial charge in [0.2, 0.25) is 0 Å². The van der Waals surface area contributed by atoms with Gasteiger partial charge in [0.05, 0.1) is 12.8 Å². The molecule has 0 saturated heterocycles. The van der Waals surface area contributed by atoms with Crippen LogP contribution in [-0.2, 0) is 13.1 Å². The van der Waals surface area contributed by atoms with E-state index in [4.69, 9.17) is 34.8 Å². The van der Waals surface area contributed by atoms with E-state index in [0.717, 1.165) is 32.6 Å². The quantitative estimate of drug-likeness (QED) is 0.259. The summed E-state index contributed by atoms with van der Waals surface area (Å²) in [7, 11) is 0. The Labute approximate surface area is 184 Å². The average molecular weight is 443 g/mol. The van der Waals surface area contributed by atoms with E-state index in [-0.39, 0.29) is 0 Å². The highest BCUT2D eigenvalue weighted by Gasteiger charge is 2.09. The molecule has 6 heteroatoms. The van der Waals surface area contributed by atoms with Crippen molar-refractivity contribution in [3.63, 3.8) is 0 Å². The van der Waals surface area contributed by atoms with Gasteiger partial charge in [-0.05, 0) is 41.5 Å². The molecule has 0 aliphatic heterocycles. The number of nitrogens with one attached hydrogen (secondary N) is 1. The fourth-order valence-electron chi connectivity index (χ4n) is 3.20. The van der Waals surface area contributed by atoms with Crippen molar-refractivity contribution in [2.24, 2.45) is 5.10 Å². The number of hydrogen-bond donors (Lipinski definition) is 1. The number of hydrazone groups is 1. The van der Waals surface area contributed by atoms with Crippen LogP contribution in [0.1, 0.15) is 16.7 Å². The van der Waals surface area contributed by atoms with Crippen molar-refractivity contribution in [3.05, 3.63) is 105 Å². The molecule has 0 unspecified atom stereocenters. The summed E-state index contributed by atoms with van der Waals surface area (Å²) in [6.45, 7) is 1.29. The number of nitrogens with zero attached hydrogens (tertiary/aromatic N) is 2. The lowest BCUT2D eigenvalue weighted by Crippen LogP contribution is -2.05. The summed E-state index contributed by atoms with van der Waals surface area (Å²) in [5, 5.41) is 7.55. The number of para-hydroxylation sites is 1. The Morgan fingerprint density at radius 2 is 1.66 bits per heavy atom. The molecule has 3 nitrogen and oxygen atoms in total. The molecule has 4 rings (SSSR count). The van der Waals surface area contributed by atoms with Crippen molar-refractivity contribution < 1.29 is 0 Å². The van der Waals surface area contributed by atoms with Crippen LogP contribution < -0.4 is 5.43 Å². The summed E-state index contributed by atoms with van der Waals surface area (Å²) in [5.74, 6) is 0. The molecule has 1 aromatic heterocycles. The highest BCUT2D eigenvalue weighted by molar-refractivity contribution is 6.35. The molecule has 1 N–H and O–H groups in total. The van der Waals surface area contributed by atoms with Crippen LogP contribution in [0.5, 0.6) is 0 Å². The van der Waals surface area contributed by atoms with E-state index in [1.807, 2.05) is 54.7 Å². The number of hydrogen-bond acceptors (Lipinski definition) is 2. The molecule has 0 bridgehead atoms. The third-order valence-corrected chi connectivity index (χ3v) is 5.51. The topological polar surface area (TPSA) is 29.3 Å². The van der Waals surface area contributed by atoms with E-state index in [2.05, 4.69) is 33.4 Å². The molecule has 4 aromatic rings. The molecule has 29 heavy (non-hydrogen) atoms. The fraction of sp³-hybridized carbons (Fsp3) is 0.0870. The van der Waals surface area contributed by atoms with Gasteiger partial charge < -0.3 is 9.99 Å². The minimum absolute atomic E-state index is 0.632. The summed E-state index contributed by atoms with van der Waals surface area (Å²) in [5.41, 5.74) is 7.38. The first-order chi connectivity index (χ1) is 14.1. The van der Waals surface area contributed by atoms with Crippen LogP contribution in [0.4, 0.5) is 0 Å². The van der Waals surface area contributed by atoms with Gasteiger partial charge in [-0.2, -0.15) is 5.10 Å². The lowest BCUT2D eigenvalue weighted by atomic mass is 10.2. The van der Waals surface area contributed by atoms with Crippen molar-refractivity contribution in [2.75, 3.05) is 0 Å². The predicted molar refractivity (Wildman–Crippen MR) is 123 cm³/mol. The van der Waals surface area contributed by atoms with Gasteiger partial charge in [-0.25, -0.2) is 0 Å². The van der Waals surface area contributed by atoms with Crippen molar-refractivity contribution in [3.8, 4) is 0 Å². The van der Waals surface area contributed by atoms with Gasteiger partial charge in [0.15, 0.2) is 0 Å². The highest BCUT2D eigenvalue weighted by Crippen LogP contribution is 2.25. The minimum Gasteiger partial charge on any atom is -0.342 e. The number of benzene rings is 3. The van der Waals surface area contributed by atoms with Gasteiger partial charge in [-0.3, -0.25) is 0 Å². The smallest absolute Gasteiger partial charge is 0.0580 e. The molecule has 1 heterocycles. The lowest BCUT2D eigenvalue weighted by Gasteiger charge is -2.08. The van der Waals surface area contributed by atoms with Gasteiger partial charge in [0.1, 0.15) is 0 Å². The largest absolute Gasteiger partial charge is 0.342 e. The lowest BCUT2D eigenvalue weighted by molar-refractivity contribution is 0.748. The normalized spacial score (nSPS) is 11.4. The Kier molecular flexibility index (Phi) is 6.10. The number of fused-ring (bicyclic) bond motifs is 1. The molecule has 0 saturated carbocycles. The molecule has 0 radical (unpaired) electrons. The van der Waals surface area contributed by atoms with Crippen molar-refractivity contribution >= 4 is 51.9 Å². The molecule has 3 aromatic carbocycles. The van der Waals surface area contributed by atoms with Crippen LogP contribution in [0.2, 0.25) is 15.1 Å². The molecule has 146 valence electrons. The Bertz CT molecular complexity index is 1160. The molecule has 0 atom stereocenters. The van der Waals surface area contributed by atoms with E-state index in [9.17, 15) is 0 Å². The fourth-order valence-corrected chi connectivity index (χ4v) is 3.79. The van der Waals surface area contributed by atoms with E-state index >= 15 is 0 Å². The second kappa shape index (κ2) is 8.91. The maximum atomic E-state index is 6.37. The number of halogens is 3. The monoisotopic (exact) mass is 441 g/mol. The Morgan fingerprint density at radius 3 is 2.45 bits per heavy atom. The maximum absolute atomic E-state index is 6.37. The highest BCUT2D eigenvalue weighted by atomic mass is 35.5. The zero-order valence-electron chi connectivity index (χ0n) is 15.4. The molecule has 0 fully saturated rings. The van der Waals surface area contributed by atoms with E-state index in [0.29, 0.717) is 23.1 Å². The molecular weight excluding hydrogens is 425 g/mol. The van der Waals surface area contributed by atoms with Crippen LogP contribution in [0.25, 0.3) is 10.9 Å². The van der Waals surface area contributed by atoms with Crippen LogP contribution in [-0.4, -0.2) is 10.8 Å². The zero-order valence-corrected chi connectivity index (χ0v) is 17.7. The number of aromatic nitrogens is 1. The predicted octanol–water partition coefficient (Wildman–Crippen LogP) is 6.77. The summed E-state index contributed by atoms with van der Waals surface area (Å²) in [6.07, 6.45) is 3.93. The Hall–Kier alpha value is -2.46. The maximum Gasteiger partial charge on any atom is 0.0580 e. The van der Waals surface area contributed by atoms with Crippen molar-refractivity contribution in [1.82, 2.24) is 9.99 Å². The zero-order chi connectivity index (χ0) is 20.2. The van der Waals surface area contributed by atoms with Crippen molar-refractivity contribution in [1.29, 1.82) is 0 Å². The molecule has 0 amide bonds. The third-order valence-electron chi connectivity index (χ3n) is 4.67. The van der Waals surface area contributed by atoms with Gasteiger partial charge in [0, 0.05) is 44.3 Å². The van der Waals surface area contributed by atoms with E-state index < -0.39 is 0 Å². The van der Waals surface area contributed by atoms with Crippen molar-refractivity contribution in [2.45, 2.75) is 13.1 Å². The molecule has 0 aliphatic rings. The first-order valence-corrected chi connectivity index (χ1v) is 10.3. The molecule has 0 aliphatic carbocycles. The second-order valence-electron chi connectivity index (χ2n) is 6.68. The minimum atomic E-state index is 0.632. The van der Waals surface area contributed by atoms with Gasteiger partial charge in [-0.15, -0.1) is 0 Å². The average Bonchev–Trinajstić information content (AvgIpc) is 3.06. The molecular formula is C23H18Cl3N3. The second-order valence-corrected chi connectivity index (χ2v) is 7.96. The van der Waals surface area contributed by atoms with Crippen LogP contribution in [0.3, 0.4) is 0 Å². The SMILES string of the molecule is Clc1ccc(CN/N=C\c2cn(Cc3ccc(Cl)cc3Cl)c3ccccc23)cc1. The molecule has 0 spiro atoms. The van der Waals surface area contributed by atoms with Crippen LogP contribution in [0.15, 0.2) is 78.0 Å². The summed E-state index contributed by atoms with van der Waals surface area (Å²) in [6, 6.07) is 21.5. The van der Waals surface area contributed by atoms with E-state index in [1.165, 1.54) is 0 Å². The summed E-state index contributed by atoms with van der Waals surface area (Å²) >= 11 is 18.3. The van der Waals surface area contributed by atoms with Crippen LogP contribution in [0, 0.1) is 0 Å². The summed E-state index contributed by atoms with van der Waals surface area (Å²) in [4.78, 5) is 0. The van der Waals surface area contributed by atoms with Crippen LogP contribution >= 0.6 is 34.8 Å². The van der Waals surface area contributed by atoms with Gasteiger partial charge >= 0.3 is 0 Å². The van der Waals surface area contributed by atoms with E-state index in [1.54, 1.807) is 6.07 Å². The summed E-state index contributed by atoms with van der Waals surface area (Å²) < 4.78 is 2.17. The van der Waals surface area contributed by atoms with Gasteiger partial charge in [0.25, 0.3) is 0 Å². The number of rotatable bonds is 6. The Balaban J connectivity index is 1.54. The Morgan fingerprint density at radius 1 is 0.897 bits per heavy atom.